The predicted molar refractivity (Wildman–Crippen MR) is 59.6 cm³/mol. The number of thiazole rings is 1. The summed E-state index contributed by atoms with van der Waals surface area (Å²) in [6.07, 6.45) is 0.330. The van der Waals surface area contributed by atoms with E-state index in [2.05, 4.69) is 4.98 Å². The van der Waals surface area contributed by atoms with Crippen molar-refractivity contribution >= 4 is 22.3 Å². The molecule has 1 aliphatic rings. The van der Waals surface area contributed by atoms with Crippen molar-refractivity contribution in [3.63, 3.8) is 0 Å². The van der Waals surface area contributed by atoms with Gasteiger partial charge < -0.3 is 10.8 Å². The van der Waals surface area contributed by atoms with Crippen molar-refractivity contribution in [3.8, 4) is 0 Å². The Balaban J connectivity index is 2.14. The molecule has 0 aliphatic heterocycles. The summed E-state index contributed by atoms with van der Waals surface area (Å²) in [4.78, 5) is 14.7. The van der Waals surface area contributed by atoms with Gasteiger partial charge in [-0.05, 0) is 12.8 Å². The van der Waals surface area contributed by atoms with Gasteiger partial charge in [0.25, 0.3) is 0 Å². The second kappa shape index (κ2) is 4.21. The number of nitrogen functional groups attached to an aromatic ring is 1. The molecule has 1 heterocycles. The molecule has 1 aliphatic carbocycles. The Morgan fingerprint density at radius 1 is 1.47 bits per heavy atom. The van der Waals surface area contributed by atoms with Gasteiger partial charge in [0.15, 0.2) is 5.69 Å². The largest absolute Gasteiger partial charge is 0.476 e. The van der Waals surface area contributed by atoms with Crippen LogP contribution in [0.5, 0.6) is 0 Å². The van der Waals surface area contributed by atoms with Crippen molar-refractivity contribution in [2.24, 2.45) is 0 Å². The summed E-state index contributed by atoms with van der Waals surface area (Å²) < 4.78 is 25.9. The van der Waals surface area contributed by atoms with Crippen LogP contribution in [0.3, 0.4) is 0 Å². The highest BCUT2D eigenvalue weighted by atomic mass is 32.1. The second-order valence-electron chi connectivity index (χ2n) is 4.20. The first-order valence-corrected chi connectivity index (χ1v) is 6.08. The summed E-state index contributed by atoms with van der Waals surface area (Å²) >= 11 is 1.09. The Bertz CT molecular complexity index is 438. The fraction of sp³-hybridized carbons (Fsp3) is 0.600. The molecule has 0 atom stereocenters. The van der Waals surface area contributed by atoms with Gasteiger partial charge in [-0.25, -0.2) is 18.6 Å². The molecule has 1 fully saturated rings. The van der Waals surface area contributed by atoms with Gasteiger partial charge in [-0.3, -0.25) is 0 Å². The molecule has 1 saturated carbocycles. The molecule has 0 amide bonds. The Morgan fingerprint density at radius 3 is 2.53 bits per heavy atom. The number of rotatable bonds is 2. The lowest BCUT2D eigenvalue weighted by Crippen LogP contribution is -2.23. The number of nitrogens with two attached hydrogens (primary N) is 1. The minimum atomic E-state index is -2.59. The Kier molecular flexibility index (Phi) is 3.03. The molecule has 1 aromatic heterocycles. The van der Waals surface area contributed by atoms with Crippen LogP contribution in [0, 0.1) is 0 Å². The fourth-order valence-corrected chi connectivity index (χ4v) is 2.96. The van der Waals surface area contributed by atoms with E-state index < -0.39 is 11.9 Å². The first-order chi connectivity index (χ1) is 7.89. The maximum atomic E-state index is 13.0. The molecule has 0 unspecified atom stereocenters. The summed E-state index contributed by atoms with van der Waals surface area (Å²) in [5, 5.41) is 9.51. The first-order valence-electron chi connectivity index (χ1n) is 5.26. The van der Waals surface area contributed by atoms with Crippen molar-refractivity contribution in [1.82, 2.24) is 4.98 Å². The van der Waals surface area contributed by atoms with Crippen molar-refractivity contribution in [3.05, 3.63) is 10.7 Å². The SMILES string of the molecule is Nc1sc(C2CCC(F)(F)CC2)nc1C(=O)O. The van der Waals surface area contributed by atoms with Gasteiger partial charge in [0.1, 0.15) is 5.00 Å². The van der Waals surface area contributed by atoms with Gasteiger partial charge >= 0.3 is 5.97 Å². The zero-order chi connectivity index (χ0) is 12.6. The highest BCUT2D eigenvalue weighted by molar-refractivity contribution is 7.16. The molecule has 17 heavy (non-hydrogen) atoms. The topological polar surface area (TPSA) is 76.2 Å². The van der Waals surface area contributed by atoms with Gasteiger partial charge in [-0.1, -0.05) is 0 Å². The predicted octanol–water partition coefficient (Wildman–Crippen LogP) is 2.72. The lowest BCUT2D eigenvalue weighted by atomic mass is 9.87. The minimum absolute atomic E-state index is 0.0879. The van der Waals surface area contributed by atoms with E-state index in [1.165, 1.54) is 0 Å². The van der Waals surface area contributed by atoms with E-state index in [-0.39, 0.29) is 29.5 Å². The van der Waals surface area contributed by atoms with Crippen molar-refractivity contribution in [2.45, 2.75) is 37.5 Å². The monoisotopic (exact) mass is 262 g/mol. The van der Waals surface area contributed by atoms with Gasteiger partial charge in [-0.2, -0.15) is 0 Å². The molecule has 94 valence electrons. The highest BCUT2D eigenvalue weighted by Gasteiger charge is 2.36. The van der Waals surface area contributed by atoms with Crippen LogP contribution in [0.15, 0.2) is 0 Å². The molecule has 0 bridgehead atoms. The van der Waals surface area contributed by atoms with Gasteiger partial charge in [0, 0.05) is 18.8 Å². The van der Waals surface area contributed by atoms with Crippen LogP contribution in [-0.4, -0.2) is 22.0 Å². The van der Waals surface area contributed by atoms with E-state index in [0.29, 0.717) is 17.8 Å². The molecule has 7 heteroatoms. The Labute approximate surface area is 100 Å². The quantitative estimate of drug-likeness (QED) is 0.859. The number of anilines is 1. The normalized spacial score (nSPS) is 20.4. The van der Waals surface area contributed by atoms with E-state index in [0.717, 1.165) is 11.3 Å². The fourth-order valence-electron chi connectivity index (χ4n) is 1.96. The summed E-state index contributed by atoms with van der Waals surface area (Å²) in [5.74, 6) is -3.85. The van der Waals surface area contributed by atoms with Gasteiger partial charge in [0.2, 0.25) is 5.92 Å². The number of carboxylic acids is 1. The average Bonchev–Trinajstić information content (AvgIpc) is 2.60. The van der Waals surface area contributed by atoms with Crippen LogP contribution >= 0.6 is 11.3 Å². The number of hydrogen-bond acceptors (Lipinski definition) is 4. The molecule has 1 aromatic rings. The van der Waals surface area contributed by atoms with Crippen molar-refractivity contribution in [2.75, 3.05) is 5.73 Å². The van der Waals surface area contributed by atoms with Crippen LogP contribution in [-0.2, 0) is 0 Å². The van der Waals surface area contributed by atoms with E-state index in [1.807, 2.05) is 0 Å². The number of carboxylic acid groups (broad SMARTS) is 1. The summed E-state index contributed by atoms with van der Waals surface area (Å²) in [6, 6.07) is 0. The van der Waals surface area contributed by atoms with Crippen LogP contribution in [0.25, 0.3) is 0 Å². The lowest BCUT2D eigenvalue weighted by Gasteiger charge is -2.26. The zero-order valence-electron chi connectivity index (χ0n) is 8.95. The highest BCUT2D eigenvalue weighted by Crippen LogP contribution is 2.42. The van der Waals surface area contributed by atoms with Crippen LogP contribution in [0.1, 0.15) is 47.1 Å². The number of nitrogens with zero attached hydrogens (tertiary/aromatic N) is 1. The third-order valence-corrected chi connectivity index (χ3v) is 3.99. The number of alkyl halides is 2. The van der Waals surface area contributed by atoms with Crippen LogP contribution in [0.4, 0.5) is 13.8 Å². The summed E-state index contributed by atoms with van der Waals surface area (Å²) in [7, 11) is 0. The third kappa shape index (κ3) is 2.54. The summed E-state index contributed by atoms with van der Waals surface area (Å²) in [6.45, 7) is 0. The molecule has 0 radical (unpaired) electrons. The van der Waals surface area contributed by atoms with Crippen molar-refractivity contribution in [1.29, 1.82) is 0 Å². The smallest absolute Gasteiger partial charge is 0.357 e. The van der Waals surface area contributed by atoms with E-state index in [1.54, 1.807) is 0 Å². The Morgan fingerprint density at radius 2 is 2.06 bits per heavy atom. The molecular weight excluding hydrogens is 250 g/mol. The standard InChI is InChI=1S/C10H12F2N2O2S/c11-10(12)3-1-5(2-4-10)8-14-6(9(15)16)7(13)17-8/h5H,1-4,13H2,(H,15,16). The van der Waals surface area contributed by atoms with E-state index >= 15 is 0 Å². The third-order valence-electron chi connectivity index (χ3n) is 2.94. The number of hydrogen-bond donors (Lipinski definition) is 2. The second-order valence-corrected chi connectivity index (χ2v) is 5.26. The molecule has 0 aromatic carbocycles. The first kappa shape index (κ1) is 12.2. The summed E-state index contributed by atoms with van der Waals surface area (Å²) in [5.41, 5.74) is 5.36. The number of aromatic nitrogens is 1. The Hall–Kier alpha value is -1.24. The molecule has 0 spiro atoms. The number of halogens is 2. The molecule has 3 N–H and O–H groups in total. The van der Waals surface area contributed by atoms with E-state index in [9.17, 15) is 13.6 Å². The van der Waals surface area contributed by atoms with E-state index in [4.69, 9.17) is 10.8 Å². The maximum absolute atomic E-state index is 13.0. The van der Waals surface area contributed by atoms with Gasteiger partial charge in [0.05, 0.1) is 5.01 Å². The molecule has 2 rings (SSSR count). The van der Waals surface area contributed by atoms with Crippen LogP contribution < -0.4 is 5.73 Å². The van der Waals surface area contributed by atoms with Crippen molar-refractivity contribution < 1.29 is 18.7 Å². The molecule has 4 nitrogen and oxygen atoms in total. The van der Waals surface area contributed by atoms with Gasteiger partial charge in [-0.15, -0.1) is 11.3 Å². The number of carbonyl (C=O) groups is 1. The minimum Gasteiger partial charge on any atom is -0.476 e. The van der Waals surface area contributed by atoms with Crippen LogP contribution in [0.2, 0.25) is 0 Å². The maximum Gasteiger partial charge on any atom is 0.357 e. The molecule has 0 saturated heterocycles. The zero-order valence-corrected chi connectivity index (χ0v) is 9.77. The number of aromatic carboxylic acids is 1. The lowest BCUT2D eigenvalue weighted by molar-refractivity contribution is -0.0382. The average molecular weight is 262 g/mol. The molecular formula is C10H12F2N2O2S.